The number of nitrogens with zero attached hydrogens (tertiary/aromatic N) is 1. The van der Waals surface area contributed by atoms with Gasteiger partial charge in [0, 0.05) is 35.9 Å². The summed E-state index contributed by atoms with van der Waals surface area (Å²) in [6, 6.07) is 10.8. The number of nitrogens with one attached hydrogen (secondary N) is 3. The van der Waals surface area contributed by atoms with Crippen molar-refractivity contribution in [2.45, 2.75) is 37.9 Å². The third-order valence-corrected chi connectivity index (χ3v) is 5.89. The number of rotatable bonds is 4. The van der Waals surface area contributed by atoms with E-state index in [2.05, 4.69) is 16.2 Å². The normalized spacial score (nSPS) is 24.4. The summed E-state index contributed by atoms with van der Waals surface area (Å²) in [5.41, 5.74) is 7.65. The predicted octanol–water partition coefficient (Wildman–Crippen LogP) is 1.92. The lowest BCUT2D eigenvalue weighted by Crippen LogP contribution is -2.53. The molecule has 6 nitrogen and oxygen atoms in total. The number of hydrazine groups is 1. The van der Waals surface area contributed by atoms with Crippen molar-refractivity contribution < 1.29 is 4.79 Å². The van der Waals surface area contributed by atoms with Gasteiger partial charge in [0.2, 0.25) is 0 Å². The molecule has 1 saturated heterocycles. The Morgan fingerprint density at radius 2 is 2.07 bits per heavy atom. The van der Waals surface area contributed by atoms with Crippen molar-refractivity contribution >= 4 is 17.5 Å². The minimum absolute atomic E-state index is 0.0928. The third-order valence-electron chi connectivity index (χ3n) is 5.53. The molecular weight excluding hydrogens is 364 g/mol. The van der Waals surface area contributed by atoms with Gasteiger partial charge in [-0.15, -0.1) is 0 Å². The van der Waals surface area contributed by atoms with Gasteiger partial charge in [-0.05, 0) is 36.5 Å². The number of carbonyl (C=O) groups excluding carboxylic acids is 1. The van der Waals surface area contributed by atoms with Crippen molar-refractivity contribution in [2.75, 3.05) is 6.54 Å². The molecule has 1 aliphatic heterocycles. The van der Waals surface area contributed by atoms with Crippen LogP contribution in [0.15, 0.2) is 47.4 Å². The van der Waals surface area contributed by atoms with Crippen molar-refractivity contribution in [3.63, 3.8) is 0 Å². The summed E-state index contributed by atoms with van der Waals surface area (Å²) in [6.45, 7) is 1.28. The van der Waals surface area contributed by atoms with Crippen molar-refractivity contribution in [3.05, 3.63) is 69.1 Å². The highest BCUT2D eigenvalue weighted by molar-refractivity contribution is 6.31. The molecule has 7 heteroatoms. The zero-order chi connectivity index (χ0) is 18.8. The first-order valence-corrected chi connectivity index (χ1v) is 9.73. The van der Waals surface area contributed by atoms with E-state index in [-0.39, 0.29) is 23.6 Å². The van der Waals surface area contributed by atoms with E-state index >= 15 is 0 Å². The highest BCUT2D eigenvalue weighted by atomic mass is 35.5. The molecule has 1 saturated carbocycles. The second kappa shape index (κ2) is 7.84. The molecule has 2 aromatic rings. The van der Waals surface area contributed by atoms with E-state index in [4.69, 9.17) is 11.6 Å². The average molecular weight is 387 g/mol. The molecular formula is C20H23ClN4O2. The van der Waals surface area contributed by atoms with E-state index in [1.54, 1.807) is 18.3 Å². The standard InChI is InChI=1S/C20H23ClN4O2/c21-16-6-2-1-4-14(16)11-25-12-15(8-9-18(25)26)20(27)23-17-7-3-5-13-10-22-24-19(13)17/h1-2,4,6,8-9,12-13,17,19,22,24H,3,5,7,10-11H2,(H,23,27). The number of halogens is 1. The van der Waals surface area contributed by atoms with E-state index < -0.39 is 0 Å². The van der Waals surface area contributed by atoms with Crippen LogP contribution in [0.25, 0.3) is 0 Å². The number of hydrogen-bond donors (Lipinski definition) is 3. The van der Waals surface area contributed by atoms with Crippen molar-refractivity contribution in [1.29, 1.82) is 0 Å². The largest absolute Gasteiger partial charge is 0.348 e. The fraction of sp³-hybridized carbons (Fsp3) is 0.400. The van der Waals surface area contributed by atoms with Crippen LogP contribution in [0.1, 0.15) is 35.2 Å². The van der Waals surface area contributed by atoms with Gasteiger partial charge in [-0.3, -0.25) is 20.4 Å². The molecule has 0 radical (unpaired) electrons. The second-order valence-electron chi connectivity index (χ2n) is 7.30. The molecule has 3 unspecified atom stereocenters. The lowest BCUT2D eigenvalue weighted by atomic mass is 9.82. The Bertz CT molecular complexity index is 898. The SMILES string of the molecule is O=C(NC1CCCC2CNNC21)c1ccc(=O)n(Cc2ccccc2Cl)c1. The Labute approximate surface area is 162 Å². The summed E-state index contributed by atoms with van der Waals surface area (Å²) in [5, 5.41) is 3.75. The minimum Gasteiger partial charge on any atom is -0.348 e. The van der Waals surface area contributed by atoms with Crippen LogP contribution >= 0.6 is 11.6 Å². The Balaban J connectivity index is 1.51. The number of benzene rings is 1. The van der Waals surface area contributed by atoms with Crippen LogP contribution in [-0.2, 0) is 6.54 Å². The van der Waals surface area contributed by atoms with Gasteiger partial charge in [0.05, 0.1) is 12.1 Å². The van der Waals surface area contributed by atoms with E-state index in [0.29, 0.717) is 23.0 Å². The maximum Gasteiger partial charge on any atom is 0.253 e. The van der Waals surface area contributed by atoms with Crippen molar-refractivity contribution in [1.82, 2.24) is 20.7 Å². The number of fused-ring (bicyclic) bond motifs is 1. The molecule has 2 aliphatic rings. The van der Waals surface area contributed by atoms with Gasteiger partial charge in [0.25, 0.3) is 11.5 Å². The minimum atomic E-state index is -0.161. The number of aromatic nitrogens is 1. The molecule has 3 atom stereocenters. The smallest absolute Gasteiger partial charge is 0.253 e. The van der Waals surface area contributed by atoms with Crippen LogP contribution < -0.4 is 21.7 Å². The van der Waals surface area contributed by atoms with E-state index in [9.17, 15) is 9.59 Å². The Morgan fingerprint density at radius 1 is 1.22 bits per heavy atom. The summed E-state index contributed by atoms with van der Waals surface area (Å²) >= 11 is 6.20. The summed E-state index contributed by atoms with van der Waals surface area (Å²) in [5.74, 6) is 0.403. The van der Waals surface area contributed by atoms with Gasteiger partial charge in [-0.25, -0.2) is 0 Å². The van der Waals surface area contributed by atoms with Gasteiger partial charge >= 0.3 is 0 Å². The lowest BCUT2D eigenvalue weighted by molar-refractivity contribution is 0.0909. The van der Waals surface area contributed by atoms with Gasteiger partial charge < -0.3 is 9.88 Å². The van der Waals surface area contributed by atoms with Gasteiger partial charge in [0.1, 0.15) is 0 Å². The maximum absolute atomic E-state index is 12.8. The van der Waals surface area contributed by atoms with Crippen molar-refractivity contribution in [2.24, 2.45) is 5.92 Å². The highest BCUT2D eigenvalue weighted by Crippen LogP contribution is 2.26. The quantitative estimate of drug-likeness (QED) is 0.750. The first kappa shape index (κ1) is 18.2. The summed E-state index contributed by atoms with van der Waals surface area (Å²) in [4.78, 5) is 25.0. The fourth-order valence-corrected chi connectivity index (χ4v) is 4.25. The molecule has 1 aliphatic carbocycles. The monoisotopic (exact) mass is 386 g/mol. The fourth-order valence-electron chi connectivity index (χ4n) is 4.06. The molecule has 1 aromatic carbocycles. The van der Waals surface area contributed by atoms with E-state index in [1.165, 1.54) is 17.1 Å². The van der Waals surface area contributed by atoms with Crippen LogP contribution in [0.4, 0.5) is 0 Å². The molecule has 0 bridgehead atoms. The van der Waals surface area contributed by atoms with E-state index in [1.807, 2.05) is 18.2 Å². The molecule has 3 N–H and O–H groups in total. The molecule has 4 rings (SSSR count). The second-order valence-corrected chi connectivity index (χ2v) is 7.70. The van der Waals surface area contributed by atoms with Crippen molar-refractivity contribution in [3.8, 4) is 0 Å². The number of carbonyl (C=O) groups is 1. The lowest BCUT2D eigenvalue weighted by Gasteiger charge is -2.33. The van der Waals surface area contributed by atoms with Crippen LogP contribution in [0.2, 0.25) is 5.02 Å². The summed E-state index contributed by atoms with van der Waals surface area (Å²) in [7, 11) is 0. The predicted molar refractivity (Wildman–Crippen MR) is 105 cm³/mol. The molecule has 27 heavy (non-hydrogen) atoms. The van der Waals surface area contributed by atoms with Crippen LogP contribution in [-0.4, -0.2) is 29.1 Å². The summed E-state index contributed by atoms with van der Waals surface area (Å²) < 4.78 is 1.52. The first-order valence-electron chi connectivity index (χ1n) is 9.35. The molecule has 1 aromatic heterocycles. The molecule has 2 fully saturated rings. The van der Waals surface area contributed by atoms with Crippen LogP contribution in [0, 0.1) is 5.92 Å². The molecule has 142 valence electrons. The molecule has 1 amide bonds. The molecule has 2 heterocycles. The Hall–Kier alpha value is -2.15. The van der Waals surface area contributed by atoms with Crippen LogP contribution in [0.3, 0.4) is 0 Å². The Morgan fingerprint density at radius 3 is 2.93 bits per heavy atom. The van der Waals surface area contributed by atoms with E-state index in [0.717, 1.165) is 24.9 Å². The zero-order valence-corrected chi connectivity index (χ0v) is 15.7. The van der Waals surface area contributed by atoms with Gasteiger partial charge in [0.15, 0.2) is 0 Å². The summed E-state index contributed by atoms with van der Waals surface area (Å²) in [6.07, 6.45) is 4.86. The topological polar surface area (TPSA) is 75.2 Å². The van der Waals surface area contributed by atoms with Crippen LogP contribution in [0.5, 0.6) is 0 Å². The zero-order valence-electron chi connectivity index (χ0n) is 15.0. The number of hydrogen-bond acceptors (Lipinski definition) is 4. The van der Waals surface area contributed by atoms with Gasteiger partial charge in [-0.1, -0.05) is 36.2 Å². The Kier molecular flexibility index (Phi) is 5.29. The maximum atomic E-state index is 12.8. The van der Waals surface area contributed by atoms with Gasteiger partial charge in [-0.2, -0.15) is 0 Å². The average Bonchev–Trinajstić information content (AvgIpc) is 3.15. The molecule has 0 spiro atoms. The third kappa shape index (κ3) is 3.93. The number of amides is 1. The first-order chi connectivity index (χ1) is 13.1. The number of pyridine rings is 1. The highest BCUT2D eigenvalue weighted by Gasteiger charge is 2.37.